The van der Waals surface area contributed by atoms with Gasteiger partial charge < -0.3 is 19.6 Å². The van der Waals surface area contributed by atoms with Crippen LogP contribution in [0.5, 0.6) is 5.75 Å². The number of aromatic hydroxyl groups is 1. The maximum Gasteiger partial charge on any atom is 0.343 e. The van der Waals surface area contributed by atoms with E-state index in [1.165, 1.54) is 31.2 Å². The number of carbonyl (C=O) groups is 3. The van der Waals surface area contributed by atoms with E-state index in [4.69, 9.17) is 21.1 Å². The third kappa shape index (κ3) is 4.31. The summed E-state index contributed by atoms with van der Waals surface area (Å²) in [6.45, 7) is 4.98. The lowest BCUT2D eigenvalue weighted by molar-refractivity contribution is -0.144. The first kappa shape index (κ1) is 20.5. The largest absolute Gasteiger partial charge is 0.505 e. The summed E-state index contributed by atoms with van der Waals surface area (Å²) in [5.74, 6) is -3.49. The molecule has 8 heteroatoms. The Labute approximate surface area is 161 Å². The number of halogens is 1. The number of esters is 2. The van der Waals surface area contributed by atoms with Crippen molar-refractivity contribution in [1.82, 2.24) is 4.98 Å². The predicted molar refractivity (Wildman–Crippen MR) is 98.3 cm³/mol. The number of aromatic nitrogens is 1. The van der Waals surface area contributed by atoms with Crippen molar-refractivity contribution in [3.05, 3.63) is 51.8 Å². The molecule has 0 aliphatic carbocycles. The molecular formula is C19H20ClNO6. The lowest BCUT2D eigenvalue weighted by Crippen LogP contribution is -2.17. The Kier molecular flexibility index (Phi) is 6.63. The van der Waals surface area contributed by atoms with Crippen molar-refractivity contribution in [2.45, 2.75) is 26.7 Å². The molecular weight excluding hydrogens is 374 g/mol. The molecule has 0 radical (unpaired) electrons. The number of H-pyrrole nitrogens is 1. The molecule has 2 N–H and O–H groups in total. The van der Waals surface area contributed by atoms with Gasteiger partial charge in [0.2, 0.25) is 5.78 Å². The number of nitrogens with one attached hydrogen (secondary N) is 1. The van der Waals surface area contributed by atoms with Crippen LogP contribution in [0.1, 0.15) is 58.8 Å². The maximum absolute atomic E-state index is 12.7. The van der Waals surface area contributed by atoms with E-state index in [9.17, 15) is 19.5 Å². The third-order valence-electron chi connectivity index (χ3n) is 3.89. The maximum atomic E-state index is 12.7. The van der Waals surface area contributed by atoms with Crippen molar-refractivity contribution < 1.29 is 29.0 Å². The number of hydrogen-bond donors (Lipinski definition) is 2. The molecule has 0 aliphatic heterocycles. The van der Waals surface area contributed by atoms with Gasteiger partial charge in [0.25, 0.3) is 0 Å². The minimum atomic E-state index is -0.915. The van der Waals surface area contributed by atoms with Gasteiger partial charge in [-0.25, -0.2) is 4.79 Å². The van der Waals surface area contributed by atoms with Crippen LogP contribution in [-0.2, 0) is 14.3 Å². The lowest BCUT2D eigenvalue weighted by atomic mass is 10.0. The molecule has 1 heterocycles. The molecule has 2 aromatic rings. The van der Waals surface area contributed by atoms with Crippen molar-refractivity contribution in [3.63, 3.8) is 0 Å². The topological polar surface area (TPSA) is 106 Å². The first-order valence-electron chi connectivity index (χ1n) is 8.40. The zero-order chi connectivity index (χ0) is 20.1. The number of hydrogen-bond acceptors (Lipinski definition) is 6. The van der Waals surface area contributed by atoms with Crippen LogP contribution in [-0.4, -0.2) is 41.0 Å². The smallest absolute Gasteiger partial charge is 0.343 e. The number of benzene rings is 1. The van der Waals surface area contributed by atoms with E-state index in [1.807, 2.05) is 0 Å². The fraction of sp³-hybridized carbons (Fsp3) is 0.316. The van der Waals surface area contributed by atoms with E-state index < -0.39 is 29.4 Å². The molecule has 2 rings (SSSR count). The van der Waals surface area contributed by atoms with Crippen molar-refractivity contribution in [1.29, 1.82) is 0 Å². The molecule has 0 spiro atoms. The molecule has 0 amide bonds. The lowest BCUT2D eigenvalue weighted by Gasteiger charge is -2.11. The van der Waals surface area contributed by atoms with Crippen molar-refractivity contribution in [2.75, 3.05) is 13.2 Å². The molecule has 0 aliphatic rings. The third-order valence-corrected chi connectivity index (χ3v) is 4.14. The van der Waals surface area contributed by atoms with Gasteiger partial charge in [-0.05, 0) is 45.0 Å². The van der Waals surface area contributed by atoms with E-state index in [0.717, 1.165) is 0 Å². The summed E-state index contributed by atoms with van der Waals surface area (Å²) in [6, 6.07) is 6.04. The zero-order valence-corrected chi connectivity index (χ0v) is 15.9. The van der Waals surface area contributed by atoms with E-state index >= 15 is 0 Å². The minimum absolute atomic E-state index is 0.0571. The van der Waals surface area contributed by atoms with Gasteiger partial charge in [-0.2, -0.15) is 0 Å². The zero-order valence-electron chi connectivity index (χ0n) is 15.2. The Morgan fingerprint density at radius 1 is 1.11 bits per heavy atom. The van der Waals surface area contributed by atoms with Gasteiger partial charge in [-0.15, -0.1) is 0 Å². The molecule has 0 saturated heterocycles. The first-order chi connectivity index (χ1) is 12.8. The quantitative estimate of drug-likeness (QED) is 0.551. The summed E-state index contributed by atoms with van der Waals surface area (Å²) in [7, 11) is 0. The summed E-state index contributed by atoms with van der Waals surface area (Å²) in [6.07, 6.45) is 0. The second-order valence-corrected chi connectivity index (χ2v) is 6.10. The normalized spacial score (nSPS) is 11.7. The molecule has 144 valence electrons. The van der Waals surface area contributed by atoms with Crippen LogP contribution in [0, 0.1) is 0 Å². The monoisotopic (exact) mass is 393 g/mol. The Bertz CT molecular complexity index is 856. The van der Waals surface area contributed by atoms with Crippen LogP contribution in [0.3, 0.4) is 0 Å². The van der Waals surface area contributed by atoms with Gasteiger partial charge in [0.05, 0.1) is 19.1 Å². The van der Waals surface area contributed by atoms with Gasteiger partial charge >= 0.3 is 11.9 Å². The fourth-order valence-corrected chi connectivity index (χ4v) is 2.66. The SMILES string of the molecule is CCOC(=O)c1c(C(C)C(=O)OCC)[nH]c(C(=O)c2ccc(Cl)cc2)c1O. The van der Waals surface area contributed by atoms with Crippen molar-refractivity contribution in [2.24, 2.45) is 0 Å². The van der Waals surface area contributed by atoms with E-state index in [1.54, 1.807) is 13.8 Å². The molecule has 7 nitrogen and oxygen atoms in total. The first-order valence-corrected chi connectivity index (χ1v) is 8.78. The number of ketones is 1. The molecule has 0 saturated carbocycles. The second-order valence-electron chi connectivity index (χ2n) is 5.67. The van der Waals surface area contributed by atoms with Crippen molar-refractivity contribution >= 4 is 29.3 Å². The summed E-state index contributed by atoms with van der Waals surface area (Å²) >= 11 is 5.82. The van der Waals surface area contributed by atoms with E-state index in [0.29, 0.717) is 5.02 Å². The van der Waals surface area contributed by atoms with Crippen LogP contribution in [0.25, 0.3) is 0 Å². The van der Waals surface area contributed by atoms with Gasteiger partial charge in [-0.1, -0.05) is 11.6 Å². The fourth-order valence-electron chi connectivity index (χ4n) is 2.54. The van der Waals surface area contributed by atoms with Gasteiger partial charge in [-0.3, -0.25) is 9.59 Å². The predicted octanol–water partition coefficient (Wildman–Crippen LogP) is 3.45. The number of carbonyl (C=O) groups excluding carboxylic acids is 3. The second kappa shape index (κ2) is 8.73. The molecule has 1 aromatic carbocycles. The van der Waals surface area contributed by atoms with E-state index in [2.05, 4.69) is 4.98 Å². The summed E-state index contributed by atoms with van der Waals surface area (Å²) in [5, 5.41) is 11.0. The Hall–Kier alpha value is -2.80. The van der Waals surface area contributed by atoms with Gasteiger partial charge in [0.1, 0.15) is 11.3 Å². The van der Waals surface area contributed by atoms with Crippen molar-refractivity contribution in [3.8, 4) is 5.75 Å². The van der Waals surface area contributed by atoms with Crippen LogP contribution < -0.4 is 0 Å². The number of ether oxygens (including phenoxy) is 2. The molecule has 1 unspecified atom stereocenters. The highest BCUT2D eigenvalue weighted by Crippen LogP contribution is 2.33. The highest BCUT2D eigenvalue weighted by atomic mass is 35.5. The summed E-state index contributed by atoms with van der Waals surface area (Å²) in [5.41, 5.74) is -0.162. The average molecular weight is 394 g/mol. The standard InChI is InChI=1S/C19H20ClNO6/c1-4-26-18(24)10(3)14-13(19(25)27-5-2)17(23)15(21-14)16(22)11-6-8-12(20)9-7-11/h6-10,21,23H,4-5H2,1-3H3. The molecule has 1 atom stereocenters. The minimum Gasteiger partial charge on any atom is -0.505 e. The molecule has 1 aromatic heterocycles. The number of aromatic amines is 1. The number of rotatable bonds is 7. The summed E-state index contributed by atoms with van der Waals surface area (Å²) < 4.78 is 9.92. The molecule has 27 heavy (non-hydrogen) atoms. The van der Waals surface area contributed by atoms with Crippen LogP contribution in [0.2, 0.25) is 5.02 Å². The Balaban J connectivity index is 2.54. The van der Waals surface area contributed by atoms with Gasteiger partial charge in [0.15, 0.2) is 5.75 Å². The van der Waals surface area contributed by atoms with E-state index in [-0.39, 0.29) is 35.7 Å². The van der Waals surface area contributed by atoms with Crippen LogP contribution >= 0.6 is 11.6 Å². The highest BCUT2D eigenvalue weighted by molar-refractivity contribution is 6.30. The molecule has 0 fully saturated rings. The van der Waals surface area contributed by atoms with Gasteiger partial charge in [0, 0.05) is 16.3 Å². The Morgan fingerprint density at radius 2 is 1.70 bits per heavy atom. The average Bonchev–Trinajstić information content (AvgIpc) is 2.98. The molecule has 0 bridgehead atoms. The summed E-state index contributed by atoms with van der Waals surface area (Å²) in [4.78, 5) is 39.9. The Morgan fingerprint density at radius 3 is 2.26 bits per heavy atom. The van der Waals surface area contributed by atoms with Crippen LogP contribution in [0.15, 0.2) is 24.3 Å². The van der Waals surface area contributed by atoms with Crippen LogP contribution in [0.4, 0.5) is 0 Å². The highest BCUT2D eigenvalue weighted by Gasteiger charge is 2.33.